The van der Waals surface area contributed by atoms with Gasteiger partial charge in [-0.25, -0.2) is 4.79 Å². The smallest absolute Gasteiger partial charge is 0.361 e. The molecule has 0 spiro atoms. The average molecular weight is 962 g/mol. The fourth-order valence-electron chi connectivity index (χ4n) is 8.20. The number of ether oxygens (including phenoxy) is 4. The Kier molecular flexibility index (Phi) is 49.0. The zero-order valence-electron chi connectivity index (χ0n) is 45.3. The second kappa shape index (κ2) is 50.9. The maximum absolute atomic E-state index is 12.9. The summed E-state index contributed by atoms with van der Waals surface area (Å²) in [6, 6.07) is 0. The van der Waals surface area contributed by atoms with Crippen LogP contribution in [0.4, 0.5) is 0 Å². The lowest BCUT2D eigenvalue weighted by molar-refractivity contribution is -0.870. The maximum atomic E-state index is 12.9. The molecule has 0 rings (SSSR count). The Hall–Kier alpha value is -2.49. The first-order chi connectivity index (χ1) is 33.1. The third-order valence-electron chi connectivity index (χ3n) is 12.6. The van der Waals surface area contributed by atoms with Crippen LogP contribution in [0.25, 0.3) is 0 Å². The minimum atomic E-state index is -1.51. The van der Waals surface area contributed by atoms with E-state index in [1.54, 1.807) is 0 Å². The van der Waals surface area contributed by atoms with Crippen molar-refractivity contribution < 1.29 is 42.9 Å². The number of carbonyl (C=O) groups excluding carboxylic acids is 2. The SMILES string of the molecule is CCCCCCC/C=C\C/C=C\C/C=C\CCCCCCCCCCC(=O)OC(COC(=O)CCCCCCCCCCCCCCCCCCCCCC)COC(OCC[N+](C)(C)C)C(=O)O. The second-order valence-electron chi connectivity index (χ2n) is 20.6. The van der Waals surface area contributed by atoms with Gasteiger partial charge in [0.25, 0.3) is 6.29 Å². The molecule has 0 bridgehead atoms. The number of allylic oxidation sites excluding steroid dienone is 6. The molecule has 2 atom stereocenters. The van der Waals surface area contributed by atoms with E-state index in [0.717, 1.165) is 57.8 Å². The zero-order valence-corrected chi connectivity index (χ0v) is 45.3. The fraction of sp³-hybridized carbons (Fsp3) is 0.847. The number of carboxylic acid groups (broad SMARTS) is 1. The minimum absolute atomic E-state index is 0.182. The topological polar surface area (TPSA) is 108 Å². The van der Waals surface area contributed by atoms with Crippen molar-refractivity contribution in [3.63, 3.8) is 0 Å². The Morgan fingerprint density at radius 3 is 1.18 bits per heavy atom. The molecule has 0 saturated heterocycles. The van der Waals surface area contributed by atoms with Gasteiger partial charge in [0.1, 0.15) is 13.2 Å². The number of carbonyl (C=O) groups is 3. The Labute approximate surface area is 420 Å². The van der Waals surface area contributed by atoms with Gasteiger partial charge >= 0.3 is 17.9 Å². The van der Waals surface area contributed by atoms with Gasteiger partial charge in [-0.15, -0.1) is 0 Å². The maximum Gasteiger partial charge on any atom is 0.361 e. The largest absolute Gasteiger partial charge is 0.477 e. The normalized spacial score (nSPS) is 13.0. The van der Waals surface area contributed by atoms with Crippen molar-refractivity contribution in [1.29, 1.82) is 0 Å². The van der Waals surface area contributed by atoms with Gasteiger partial charge in [0.05, 0.1) is 34.4 Å². The number of nitrogens with zero attached hydrogens (tertiary/aromatic N) is 1. The number of hydrogen-bond acceptors (Lipinski definition) is 7. The van der Waals surface area contributed by atoms with Crippen molar-refractivity contribution in [2.45, 2.75) is 277 Å². The van der Waals surface area contributed by atoms with Crippen LogP contribution in [0.3, 0.4) is 0 Å². The van der Waals surface area contributed by atoms with E-state index >= 15 is 0 Å². The van der Waals surface area contributed by atoms with Gasteiger partial charge in [-0.05, 0) is 51.4 Å². The average Bonchev–Trinajstić information content (AvgIpc) is 3.30. The van der Waals surface area contributed by atoms with Gasteiger partial charge in [-0.3, -0.25) is 9.59 Å². The number of hydrogen-bond donors (Lipinski definition) is 1. The molecule has 68 heavy (non-hydrogen) atoms. The molecule has 0 aliphatic carbocycles. The molecule has 2 unspecified atom stereocenters. The summed E-state index contributed by atoms with van der Waals surface area (Å²) in [5.41, 5.74) is 0. The van der Waals surface area contributed by atoms with E-state index in [1.165, 1.54) is 173 Å². The van der Waals surface area contributed by atoms with Crippen LogP contribution in [0.5, 0.6) is 0 Å². The van der Waals surface area contributed by atoms with Crippen molar-refractivity contribution in [2.24, 2.45) is 0 Å². The van der Waals surface area contributed by atoms with Crippen LogP contribution < -0.4 is 0 Å². The summed E-state index contributed by atoms with van der Waals surface area (Å²) in [5, 5.41) is 9.70. The lowest BCUT2D eigenvalue weighted by Gasteiger charge is -2.25. The molecule has 9 nitrogen and oxygen atoms in total. The zero-order chi connectivity index (χ0) is 49.9. The highest BCUT2D eigenvalue weighted by molar-refractivity contribution is 5.71. The molecular formula is C59H110NO8+. The first-order valence-corrected chi connectivity index (χ1v) is 28.7. The summed E-state index contributed by atoms with van der Waals surface area (Å²) in [6.07, 6.45) is 57.8. The number of likely N-dealkylation sites (N-methyl/N-ethyl adjacent to an activating group) is 1. The predicted octanol–water partition coefficient (Wildman–Crippen LogP) is 16.5. The van der Waals surface area contributed by atoms with Crippen LogP contribution in [0.2, 0.25) is 0 Å². The molecule has 0 saturated carbocycles. The molecule has 0 aromatic heterocycles. The van der Waals surface area contributed by atoms with Gasteiger partial charge in [-0.2, -0.15) is 0 Å². The first kappa shape index (κ1) is 65.5. The molecule has 0 amide bonds. The molecule has 1 N–H and O–H groups in total. The molecule has 0 heterocycles. The van der Waals surface area contributed by atoms with Crippen molar-refractivity contribution in [3.05, 3.63) is 36.5 Å². The summed E-state index contributed by atoms with van der Waals surface area (Å²) in [7, 11) is 5.97. The third-order valence-corrected chi connectivity index (χ3v) is 12.6. The van der Waals surface area contributed by atoms with E-state index < -0.39 is 24.3 Å². The summed E-state index contributed by atoms with van der Waals surface area (Å²) in [4.78, 5) is 37.4. The lowest BCUT2D eigenvalue weighted by atomic mass is 10.0. The molecule has 0 aromatic rings. The Morgan fingerprint density at radius 2 is 0.794 bits per heavy atom. The highest BCUT2D eigenvalue weighted by Gasteiger charge is 2.25. The number of carboxylic acids is 1. The predicted molar refractivity (Wildman–Crippen MR) is 286 cm³/mol. The monoisotopic (exact) mass is 961 g/mol. The number of esters is 2. The summed E-state index contributed by atoms with van der Waals surface area (Å²) in [6.45, 7) is 4.89. The molecule has 0 aliphatic rings. The molecule has 398 valence electrons. The van der Waals surface area contributed by atoms with Crippen LogP contribution in [-0.2, 0) is 33.3 Å². The second-order valence-corrected chi connectivity index (χ2v) is 20.6. The number of rotatable bonds is 53. The van der Waals surface area contributed by atoms with Crippen molar-refractivity contribution in [2.75, 3.05) is 47.5 Å². The molecule has 9 heteroatoms. The van der Waals surface area contributed by atoms with Crippen molar-refractivity contribution in [3.8, 4) is 0 Å². The fourth-order valence-corrected chi connectivity index (χ4v) is 8.20. The van der Waals surface area contributed by atoms with E-state index in [0.29, 0.717) is 23.9 Å². The van der Waals surface area contributed by atoms with Gasteiger partial charge in [0, 0.05) is 12.8 Å². The quantitative estimate of drug-likeness (QED) is 0.0211. The lowest BCUT2D eigenvalue weighted by Crippen LogP contribution is -2.40. The highest BCUT2D eigenvalue weighted by atomic mass is 16.7. The van der Waals surface area contributed by atoms with E-state index in [2.05, 4.69) is 50.3 Å². The third kappa shape index (κ3) is 51.4. The van der Waals surface area contributed by atoms with E-state index in [9.17, 15) is 19.5 Å². The minimum Gasteiger partial charge on any atom is -0.477 e. The van der Waals surface area contributed by atoms with Crippen LogP contribution in [0, 0.1) is 0 Å². The van der Waals surface area contributed by atoms with Gasteiger partial charge in [0.15, 0.2) is 6.10 Å². The number of quaternary nitrogens is 1. The van der Waals surface area contributed by atoms with Crippen LogP contribution in [0.1, 0.15) is 264 Å². The molecule has 0 radical (unpaired) electrons. The van der Waals surface area contributed by atoms with E-state index in [4.69, 9.17) is 18.9 Å². The van der Waals surface area contributed by atoms with Crippen LogP contribution >= 0.6 is 0 Å². The Morgan fingerprint density at radius 1 is 0.441 bits per heavy atom. The molecular weight excluding hydrogens is 851 g/mol. The van der Waals surface area contributed by atoms with E-state index in [1.807, 2.05) is 21.1 Å². The molecule has 0 aliphatic heterocycles. The van der Waals surface area contributed by atoms with Gasteiger partial charge < -0.3 is 28.5 Å². The standard InChI is InChI=1S/C59H109NO8/c1-6-8-10-12-14-16-18-20-22-24-26-28-29-30-32-34-36-38-40-42-44-46-48-50-57(62)68-55(54-67-59(58(63)64)65-52-51-60(3,4)5)53-66-56(61)49-47-45-43-41-39-37-35-33-31-27-25-23-21-19-17-15-13-11-9-7-2/h18,20,24,26,29-30,55,59H,6-17,19,21-23,25,27-28,31-54H2,1-5H3/p+1/b20-18-,26-24-,30-29-. The number of unbranched alkanes of at least 4 members (excludes halogenated alkanes) is 32. The van der Waals surface area contributed by atoms with Crippen LogP contribution in [0.15, 0.2) is 36.5 Å². The summed E-state index contributed by atoms with van der Waals surface area (Å²) >= 11 is 0. The molecule has 0 aromatic carbocycles. The van der Waals surface area contributed by atoms with Gasteiger partial charge in [-0.1, -0.05) is 237 Å². The Balaban J connectivity index is 4.27. The van der Waals surface area contributed by atoms with Crippen LogP contribution in [-0.4, -0.2) is 87.4 Å². The summed E-state index contributed by atoms with van der Waals surface area (Å²) in [5.74, 6) is -2.00. The summed E-state index contributed by atoms with van der Waals surface area (Å²) < 4.78 is 22.9. The Bertz CT molecular complexity index is 1210. The first-order valence-electron chi connectivity index (χ1n) is 28.7. The van der Waals surface area contributed by atoms with Gasteiger partial charge in [0.2, 0.25) is 0 Å². The number of aliphatic carboxylic acids is 1. The van der Waals surface area contributed by atoms with Crippen molar-refractivity contribution >= 4 is 17.9 Å². The highest BCUT2D eigenvalue weighted by Crippen LogP contribution is 2.17. The molecule has 0 fully saturated rings. The van der Waals surface area contributed by atoms with E-state index in [-0.39, 0.29) is 32.2 Å². The van der Waals surface area contributed by atoms with Crippen molar-refractivity contribution in [1.82, 2.24) is 0 Å².